The number of nitrogens with two attached hydrogens (primary N) is 1. The monoisotopic (exact) mass is 238 g/mol. The molecule has 16 heavy (non-hydrogen) atoms. The molecule has 0 atom stereocenters. The van der Waals surface area contributed by atoms with E-state index in [0.29, 0.717) is 22.4 Å². The summed E-state index contributed by atoms with van der Waals surface area (Å²) in [5.74, 6) is 0.859. The summed E-state index contributed by atoms with van der Waals surface area (Å²) in [4.78, 5) is 15.5. The summed E-state index contributed by atoms with van der Waals surface area (Å²) in [7, 11) is 0. The van der Waals surface area contributed by atoms with Crippen molar-refractivity contribution in [2.24, 2.45) is 0 Å². The number of anilines is 2. The van der Waals surface area contributed by atoms with Gasteiger partial charge in [-0.3, -0.25) is 4.79 Å². The van der Waals surface area contributed by atoms with Crippen molar-refractivity contribution in [1.29, 1.82) is 0 Å². The van der Waals surface area contributed by atoms with E-state index in [9.17, 15) is 4.79 Å². The van der Waals surface area contributed by atoms with Crippen LogP contribution in [-0.4, -0.2) is 16.0 Å². The van der Waals surface area contributed by atoms with Crippen molar-refractivity contribution in [3.8, 4) is 0 Å². The van der Waals surface area contributed by atoms with Crippen LogP contribution in [0.25, 0.3) is 0 Å². The zero-order chi connectivity index (χ0) is 11.5. The van der Waals surface area contributed by atoms with Crippen LogP contribution in [0.2, 0.25) is 0 Å². The summed E-state index contributed by atoms with van der Waals surface area (Å²) < 4.78 is 4.82. The molecule has 6 nitrogen and oxygen atoms in total. The first-order valence-electron chi connectivity index (χ1n) is 4.56. The highest BCUT2D eigenvalue weighted by Gasteiger charge is 2.09. The highest BCUT2D eigenvalue weighted by atomic mass is 32.1. The molecule has 0 aromatic carbocycles. The number of carbonyl (C=O) groups is 1. The van der Waals surface area contributed by atoms with Crippen molar-refractivity contribution >= 4 is 28.2 Å². The van der Waals surface area contributed by atoms with Crippen LogP contribution in [0.5, 0.6) is 0 Å². The quantitative estimate of drug-likeness (QED) is 0.838. The molecule has 7 heteroatoms. The van der Waals surface area contributed by atoms with Crippen LogP contribution in [-0.2, 0) is 11.2 Å². The Hall–Kier alpha value is -1.89. The Kier molecular flexibility index (Phi) is 2.86. The van der Waals surface area contributed by atoms with E-state index >= 15 is 0 Å². The van der Waals surface area contributed by atoms with E-state index in [1.807, 2.05) is 0 Å². The number of amides is 1. The predicted molar refractivity (Wildman–Crippen MR) is 60.1 cm³/mol. The van der Waals surface area contributed by atoms with Crippen molar-refractivity contribution < 1.29 is 9.32 Å². The van der Waals surface area contributed by atoms with Gasteiger partial charge in [0.1, 0.15) is 5.76 Å². The number of hydrogen-bond donors (Lipinski definition) is 2. The summed E-state index contributed by atoms with van der Waals surface area (Å²) in [6.45, 7) is 1.75. The van der Waals surface area contributed by atoms with Gasteiger partial charge in [-0.25, -0.2) is 4.98 Å². The van der Waals surface area contributed by atoms with Gasteiger partial charge < -0.3 is 15.6 Å². The molecular weight excluding hydrogens is 228 g/mol. The lowest BCUT2D eigenvalue weighted by Crippen LogP contribution is -2.14. The number of thiazole rings is 1. The number of carbonyl (C=O) groups excluding carboxylic acids is 1. The molecule has 0 spiro atoms. The molecule has 2 heterocycles. The fraction of sp³-hybridized carbons (Fsp3) is 0.222. The lowest BCUT2D eigenvalue weighted by atomic mass is 10.3. The second-order valence-electron chi connectivity index (χ2n) is 3.22. The largest absolute Gasteiger partial charge is 0.375 e. The molecule has 2 aromatic rings. The van der Waals surface area contributed by atoms with E-state index in [-0.39, 0.29) is 12.3 Å². The highest BCUT2D eigenvalue weighted by molar-refractivity contribution is 7.13. The van der Waals surface area contributed by atoms with Crippen LogP contribution in [0.1, 0.15) is 11.5 Å². The maximum absolute atomic E-state index is 11.5. The van der Waals surface area contributed by atoms with E-state index < -0.39 is 0 Å². The molecule has 2 rings (SSSR count). The van der Waals surface area contributed by atoms with Gasteiger partial charge >= 0.3 is 0 Å². The van der Waals surface area contributed by atoms with Crippen LogP contribution >= 0.6 is 11.3 Å². The average Bonchev–Trinajstić information content (AvgIpc) is 2.76. The molecule has 0 fully saturated rings. The van der Waals surface area contributed by atoms with Crippen LogP contribution in [0.4, 0.5) is 10.9 Å². The molecule has 0 saturated carbocycles. The maximum Gasteiger partial charge on any atom is 0.231 e. The van der Waals surface area contributed by atoms with Gasteiger partial charge in [-0.2, -0.15) is 0 Å². The molecule has 0 aliphatic carbocycles. The topological polar surface area (TPSA) is 94.0 Å². The summed E-state index contributed by atoms with van der Waals surface area (Å²) in [5.41, 5.74) is 6.11. The van der Waals surface area contributed by atoms with E-state index in [2.05, 4.69) is 15.5 Å². The summed E-state index contributed by atoms with van der Waals surface area (Å²) in [5, 5.41) is 8.46. The van der Waals surface area contributed by atoms with Crippen molar-refractivity contribution in [3.05, 3.63) is 22.9 Å². The average molecular weight is 238 g/mol. The van der Waals surface area contributed by atoms with Gasteiger partial charge in [0, 0.05) is 11.4 Å². The number of aromatic nitrogens is 2. The van der Waals surface area contributed by atoms with Gasteiger partial charge in [-0.05, 0) is 6.92 Å². The third-order valence-electron chi connectivity index (χ3n) is 1.81. The van der Waals surface area contributed by atoms with Gasteiger partial charge in [-0.15, -0.1) is 11.3 Å². The highest BCUT2D eigenvalue weighted by Crippen LogP contribution is 2.12. The molecule has 0 unspecified atom stereocenters. The third kappa shape index (κ3) is 2.57. The van der Waals surface area contributed by atoms with Crippen molar-refractivity contribution in [2.45, 2.75) is 13.3 Å². The summed E-state index contributed by atoms with van der Waals surface area (Å²) in [6, 6.07) is 1.65. The zero-order valence-electron chi connectivity index (χ0n) is 8.56. The predicted octanol–water partition coefficient (Wildman–Crippen LogP) is 1.20. The molecule has 2 aromatic heterocycles. The Morgan fingerprint density at radius 2 is 2.50 bits per heavy atom. The van der Waals surface area contributed by atoms with E-state index in [1.165, 1.54) is 11.3 Å². The minimum atomic E-state index is -0.196. The minimum absolute atomic E-state index is 0.180. The fourth-order valence-electron chi connectivity index (χ4n) is 1.18. The number of nitrogens with one attached hydrogen (secondary N) is 1. The molecule has 1 amide bonds. The van der Waals surface area contributed by atoms with Crippen molar-refractivity contribution in [1.82, 2.24) is 10.1 Å². The van der Waals surface area contributed by atoms with Crippen molar-refractivity contribution in [3.63, 3.8) is 0 Å². The third-order valence-corrected chi connectivity index (χ3v) is 2.53. The van der Waals surface area contributed by atoms with Crippen LogP contribution in [0.3, 0.4) is 0 Å². The molecule has 0 radical (unpaired) electrons. The maximum atomic E-state index is 11.5. The van der Waals surface area contributed by atoms with Gasteiger partial charge in [0.2, 0.25) is 5.91 Å². The van der Waals surface area contributed by atoms with Crippen LogP contribution in [0, 0.1) is 6.92 Å². The van der Waals surface area contributed by atoms with Gasteiger partial charge in [0.25, 0.3) is 0 Å². The first kappa shape index (κ1) is 10.6. The molecule has 0 aliphatic rings. The Labute approximate surface area is 95.5 Å². The standard InChI is InChI=1S/C9H10N4O2S/c1-5-2-7(13-15-5)12-8(14)3-6-4-16-9(10)11-6/h2,4H,3H2,1H3,(H2,10,11)(H,12,13,14). The van der Waals surface area contributed by atoms with E-state index in [0.717, 1.165) is 0 Å². The number of nitrogens with zero attached hydrogens (tertiary/aromatic N) is 2. The first-order valence-corrected chi connectivity index (χ1v) is 5.44. The Morgan fingerprint density at radius 1 is 1.69 bits per heavy atom. The van der Waals surface area contributed by atoms with E-state index in [1.54, 1.807) is 18.4 Å². The molecule has 0 bridgehead atoms. The minimum Gasteiger partial charge on any atom is -0.375 e. The fourth-order valence-corrected chi connectivity index (χ4v) is 1.74. The Bertz CT molecular complexity index is 461. The molecule has 0 saturated heterocycles. The molecular formula is C9H10N4O2S. The number of aryl methyl sites for hydroxylation is 1. The Morgan fingerprint density at radius 3 is 3.06 bits per heavy atom. The van der Waals surface area contributed by atoms with Crippen LogP contribution in [0.15, 0.2) is 16.0 Å². The number of nitrogen functional groups attached to an aromatic ring is 1. The van der Waals surface area contributed by atoms with Crippen LogP contribution < -0.4 is 11.1 Å². The van der Waals surface area contributed by atoms with E-state index in [4.69, 9.17) is 10.3 Å². The molecule has 84 valence electrons. The SMILES string of the molecule is Cc1cc(NC(=O)Cc2csc(N)n2)no1. The summed E-state index contributed by atoms with van der Waals surface area (Å²) >= 11 is 1.31. The first-order chi connectivity index (χ1) is 7.63. The number of hydrogen-bond acceptors (Lipinski definition) is 6. The Balaban J connectivity index is 1.94. The number of rotatable bonds is 3. The lowest BCUT2D eigenvalue weighted by Gasteiger charge is -1.97. The zero-order valence-corrected chi connectivity index (χ0v) is 9.37. The summed E-state index contributed by atoms with van der Waals surface area (Å²) in [6.07, 6.45) is 0.180. The normalized spacial score (nSPS) is 10.3. The molecule has 0 aliphatic heterocycles. The van der Waals surface area contributed by atoms with Crippen molar-refractivity contribution in [2.75, 3.05) is 11.1 Å². The lowest BCUT2D eigenvalue weighted by molar-refractivity contribution is -0.115. The second kappa shape index (κ2) is 4.31. The smallest absolute Gasteiger partial charge is 0.231 e. The second-order valence-corrected chi connectivity index (χ2v) is 4.11. The van der Waals surface area contributed by atoms with Gasteiger partial charge in [0.15, 0.2) is 10.9 Å². The van der Waals surface area contributed by atoms with Gasteiger partial charge in [-0.1, -0.05) is 5.16 Å². The molecule has 3 N–H and O–H groups in total. The van der Waals surface area contributed by atoms with Gasteiger partial charge in [0.05, 0.1) is 12.1 Å².